The van der Waals surface area contributed by atoms with Crippen molar-refractivity contribution in [3.8, 4) is 0 Å². The van der Waals surface area contributed by atoms with Crippen LogP contribution in [-0.4, -0.2) is 66.6 Å². The van der Waals surface area contributed by atoms with Crippen molar-refractivity contribution in [3.05, 3.63) is 40.6 Å². The van der Waals surface area contributed by atoms with Gasteiger partial charge in [-0.3, -0.25) is 19.3 Å². The molecule has 2 aromatic rings. The molecule has 0 atom stereocenters. The first-order chi connectivity index (χ1) is 16.4. The van der Waals surface area contributed by atoms with E-state index < -0.39 is 0 Å². The van der Waals surface area contributed by atoms with Crippen molar-refractivity contribution >= 4 is 53.5 Å². The number of amides is 1. The zero-order valence-corrected chi connectivity index (χ0v) is 21.8. The SMILES string of the molecule is C/C(Cl)=C\c1cnc(Nc2ccc(SNCCN3CCNCC3)cc2C)nc1N(C=O)C(C)C. The van der Waals surface area contributed by atoms with Crippen molar-refractivity contribution in [1.29, 1.82) is 0 Å². The molecule has 1 fully saturated rings. The van der Waals surface area contributed by atoms with Gasteiger partial charge >= 0.3 is 0 Å². The largest absolute Gasteiger partial charge is 0.324 e. The van der Waals surface area contributed by atoms with E-state index in [1.165, 1.54) is 0 Å². The number of carbonyl (C=O) groups excluding carboxylic acids is 1. The lowest BCUT2D eigenvalue weighted by atomic mass is 10.2. The Morgan fingerprint density at radius 2 is 2.12 bits per heavy atom. The van der Waals surface area contributed by atoms with Crippen molar-refractivity contribution in [1.82, 2.24) is 24.9 Å². The van der Waals surface area contributed by atoms with Gasteiger partial charge in [-0.2, -0.15) is 4.98 Å². The molecular formula is C24H34ClN7OS. The summed E-state index contributed by atoms with van der Waals surface area (Å²) in [5.74, 6) is 0.936. The van der Waals surface area contributed by atoms with Crippen LogP contribution in [0.4, 0.5) is 17.5 Å². The van der Waals surface area contributed by atoms with E-state index in [2.05, 4.69) is 42.4 Å². The molecule has 0 bridgehead atoms. The van der Waals surface area contributed by atoms with Crippen LogP contribution in [0.5, 0.6) is 0 Å². The maximum Gasteiger partial charge on any atom is 0.229 e. The van der Waals surface area contributed by atoms with E-state index in [4.69, 9.17) is 11.6 Å². The van der Waals surface area contributed by atoms with Gasteiger partial charge in [-0.15, -0.1) is 0 Å². The lowest BCUT2D eigenvalue weighted by Crippen LogP contribution is -2.45. The van der Waals surface area contributed by atoms with E-state index >= 15 is 0 Å². The molecule has 1 aromatic carbocycles. The molecule has 1 amide bonds. The highest BCUT2D eigenvalue weighted by atomic mass is 35.5. The number of allylic oxidation sites excluding steroid dienone is 1. The highest BCUT2D eigenvalue weighted by Gasteiger charge is 2.17. The summed E-state index contributed by atoms with van der Waals surface area (Å²) in [5, 5.41) is 7.25. The molecule has 0 radical (unpaired) electrons. The van der Waals surface area contributed by atoms with Crippen LogP contribution in [0.15, 0.2) is 34.3 Å². The highest BCUT2D eigenvalue weighted by molar-refractivity contribution is 7.97. The highest BCUT2D eigenvalue weighted by Crippen LogP contribution is 2.27. The van der Waals surface area contributed by atoms with E-state index in [0.717, 1.165) is 61.8 Å². The fourth-order valence-corrected chi connectivity index (χ4v) is 4.46. The number of aryl methyl sites for hydroxylation is 1. The molecule has 2 heterocycles. The van der Waals surface area contributed by atoms with E-state index in [-0.39, 0.29) is 6.04 Å². The van der Waals surface area contributed by atoms with Gasteiger partial charge in [0.2, 0.25) is 12.4 Å². The van der Waals surface area contributed by atoms with Crippen LogP contribution in [0.25, 0.3) is 6.08 Å². The van der Waals surface area contributed by atoms with Gasteiger partial charge in [0.05, 0.1) is 0 Å². The average Bonchev–Trinajstić information content (AvgIpc) is 2.80. The van der Waals surface area contributed by atoms with Gasteiger partial charge in [-0.25, -0.2) is 4.98 Å². The fraction of sp³-hybridized carbons (Fsp3) is 0.458. The Morgan fingerprint density at radius 3 is 2.76 bits per heavy atom. The average molecular weight is 504 g/mol. The Bertz CT molecular complexity index is 991. The van der Waals surface area contributed by atoms with Crippen molar-refractivity contribution in [3.63, 3.8) is 0 Å². The van der Waals surface area contributed by atoms with Gasteiger partial charge in [-0.05, 0) is 69.5 Å². The van der Waals surface area contributed by atoms with E-state index in [0.29, 0.717) is 22.4 Å². The first kappa shape index (κ1) is 26.4. The van der Waals surface area contributed by atoms with E-state index in [1.54, 1.807) is 36.0 Å². The van der Waals surface area contributed by atoms with Crippen LogP contribution in [0.2, 0.25) is 0 Å². The van der Waals surface area contributed by atoms with Crippen LogP contribution in [-0.2, 0) is 4.79 Å². The molecule has 1 saturated heterocycles. The molecule has 10 heteroatoms. The van der Waals surface area contributed by atoms with Crippen LogP contribution in [0, 0.1) is 6.92 Å². The fourth-order valence-electron chi connectivity index (χ4n) is 3.61. The molecule has 1 aliphatic heterocycles. The summed E-state index contributed by atoms with van der Waals surface area (Å²) in [6.45, 7) is 14.0. The first-order valence-corrected chi connectivity index (χ1v) is 12.7. The maximum atomic E-state index is 11.7. The summed E-state index contributed by atoms with van der Waals surface area (Å²) in [5.41, 5.74) is 2.68. The molecule has 3 N–H and O–H groups in total. The van der Waals surface area contributed by atoms with Gasteiger partial charge in [-0.1, -0.05) is 11.6 Å². The number of aromatic nitrogens is 2. The molecule has 34 heavy (non-hydrogen) atoms. The number of rotatable bonds is 11. The molecule has 0 unspecified atom stereocenters. The normalized spacial score (nSPS) is 14.9. The first-order valence-electron chi connectivity index (χ1n) is 11.5. The number of hydrogen-bond acceptors (Lipinski definition) is 8. The van der Waals surface area contributed by atoms with E-state index in [1.807, 2.05) is 26.8 Å². The maximum absolute atomic E-state index is 11.7. The molecular weight excluding hydrogens is 470 g/mol. The third-order valence-corrected chi connectivity index (χ3v) is 6.39. The molecule has 184 valence electrons. The van der Waals surface area contributed by atoms with Crippen molar-refractivity contribution in [2.75, 3.05) is 49.5 Å². The van der Waals surface area contributed by atoms with Gasteiger partial charge in [0.15, 0.2) is 0 Å². The number of anilines is 3. The molecule has 0 aliphatic carbocycles. The van der Waals surface area contributed by atoms with Crippen molar-refractivity contribution < 1.29 is 4.79 Å². The van der Waals surface area contributed by atoms with Crippen LogP contribution in [0.1, 0.15) is 31.9 Å². The monoisotopic (exact) mass is 503 g/mol. The minimum Gasteiger partial charge on any atom is -0.324 e. The summed E-state index contributed by atoms with van der Waals surface area (Å²) >= 11 is 7.72. The lowest BCUT2D eigenvalue weighted by Gasteiger charge is -2.27. The predicted octanol–water partition coefficient (Wildman–Crippen LogP) is 4.00. The Hall–Kier alpha value is -2.17. The summed E-state index contributed by atoms with van der Waals surface area (Å²) in [6.07, 6.45) is 4.22. The number of hydrogen-bond donors (Lipinski definition) is 3. The molecule has 1 aromatic heterocycles. The molecule has 0 spiro atoms. The second kappa shape index (κ2) is 13.1. The minimum atomic E-state index is -0.0554. The summed E-state index contributed by atoms with van der Waals surface area (Å²) in [4.78, 5) is 26.0. The number of nitrogens with zero attached hydrogens (tertiary/aromatic N) is 4. The van der Waals surface area contributed by atoms with Crippen LogP contribution in [0.3, 0.4) is 0 Å². The third kappa shape index (κ3) is 7.68. The summed E-state index contributed by atoms with van der Waals surface area (Å²) < 4.78 is 3.46. The zero-order chi connectivity index (χ0) is 24.5. The van der Waals surface area contributed by atoms with Gasteiger partial charge in [0, 0.05) is 72.7 Å². The Kier molecular flexibility index (Phi) is 10.2. The topological polar surface area (TPSA) is 85.4 Å². The summed E-state index contributed by atoms with van der Waals surface area (Å²) in [6, 6.07) is 6.17. The molecule has 3 rings (SSSR count). The van der Waals surface area contributed by atoms with E-state index in [9.17, 15) is 4.79 Å². The number of halogens is 1. The van der Waals surface area contributed by atoms with Gasteiger partial charge in [0.1, 0.15) is 5.82 Å². The smallest absolute Gasteiger partial charge is 0.229 e. The van der Waals surface area contributed by atoms with Crippen molar-refractivity contribution in [2.45, 2.75) is 38.6 Å². The number of piperazine rings is 1. The number of nitrogens with one attached hydrogen (secondary N) is 3. The molecule has 0 saturated carbocycles. The van der Waals surface area contributed by atoms with Crippen molar-refractivity contribution in [2.24, 2.45) is 0 Å². The number of carbonyl (C=O) groups is 1. The standard InChI is InChI=1S/C24H34ClN7OS/c1-17(2)32(16-33)23-20(14-19(4)25)15-27-24(30-23)29-22-6-5-21(13-18(22)3)34-28-9-12-31-10-7-26-8-11-31/h5-6,13-17,26,28H,7-12H2,1-4H3,(H,27,29,30)/b19-14+. The second-order valence-corrected chi connectivity index (χ2v) is 10.1. The number of benzene rings is 1. The Morgan fingerprint density at radius 1 is 1.35 bits per heavy atom. The third-order valence-electron chi connectivity index (χ3n) is 5.44. The second-order valence-electron chi connectivity index (χ2n) is 8.50. The Labute approximate surface area is 211 Å². The van der Waals surface area contributed by atoms with Crippen LogP contribution >= 0.6 is 23.5 Å². The van der Waals surface area contributed by atoms with Crippen LogP contribution < -0.4 is 20.3 Å². The summed E-state index contributed by atoms with van der Waals surface area (Å²) in [7, 11) is 0. The molecule has 1 aliphatic rings. The minimum absolute atomic E-state index is 0.0554. The molecule has 8 nitrogen and oxygen atoms in total. The van der Waals surface area contributed by atoms with Gasteiger partial charge < -0.3 is 10.6 Å². The quantitative estimate of drug-likeness (QED) is 0.241. The lowest BCUT2D eigenvalue weighted by molar-refractivity contribution is -0.107. The Balaban J connectivity index is 1.66. The van der Waals surface area contributed by atoms with Gasteiger partial charge in [0.25, 0.3) is 0 Å². The predicted molar refractivity (Wildman–Crippen MR) is 143 cm³/mol. The zero-order valence-electron chi connectivity index (χ0n) is 20.3.